The third kappa shape index (κ3) is 5.61. The molecule has 0 spiro atoms. The number of carbonyl (C=O) groups is 2. The van der Waals surface area contributed by atoms with E-state index in [9.17, 15) is 14.9 Å². The van der Waals surface area contributed by atoms with Crippen molar-refractivity contribution in [2.45, 2.75) is 13.1 Å². The van der Waals surface area contributed by atoms with Gasteiger partial charge in [-0.2, -0.15) is 5.26 Å². The number of carbonyl (C=O) groups excluding carboxylic acids is 2. The molecule has 0 unspecified atom stereocenters. The van der Waals surface area contributed by atoms with Crippen LogP contribution in [0.4, 0.5) is 11.6 Å². The van der Waals surface area contributed by atoms with Crippen molar-refractivity contribution in [1.29, 1.82) is 5.26 Å². The molecule has 0 atom stereocenters. The van der Waals surface area contributed by atoms with Gasteiger partial charge in [0.2, 0.25) is 0 Å². The van der Waals surface area contributed by atoms with Crippen molar-refractivity contribution in [2.75, 3.05) is 24.7 Å². The van der Waals surface area contributed by atoms with Crippen LogP contribution in [0.5, 0.6) is 0 Å². The fraction of sp³-hybridized carbons (Fsp3) is 0.167. The maximum absolute atomic E-state index is 11.8. The second kappa shape index (κ2) is 10.6. The van der Waals surface area contributed by atoms with Gasteiger partial charge in [-0.25, -0.2) is 4.98 Å². The third-order valence-electron chi connectivity index (χ3n) is 4.78. The first-order valence-corrected chi connectivity index (χ1v) is 10.0. The Kier molecular flexibility index (Phi) is 7.38. The van der Waals surface area contributed by atoms with E-state index >= 15 is 0 Å². The first-order chi connectivity index (χ1) is 15.5. The number of amides is 2. The predicted molar refractivity (Wildman–Crippen MR) is 123 cm³/mol. The summed E-state index contributed by atoms with van der Waals surface area (Å²) in [7, 11) is 3.18. The van der Waals surface area contributed by atoms with Gasteiger partial charge in [-0.15, -0.1) is 0 Å². The molecule has 0 saturated carbocycles. The second-order valence-corrected chi connectivity index (χ2v) is 6.97. The highest BCUT2D eigenvalue weighted by molar-refractivity contribution is 5.94. The van der Waals surface area contributed by atoms with Crippen molar-refractivity contribution in [1.82, 2.24) is 15.6 Å². The summed E-state index contributed by atoms with van der Waals surface area (Å²) in [5.41, 5.74) is 3.38. The van der Waals surface area contributed by atoms with Gasteiger partial charge in [0.1, 0.15) is 17.7 Å². The van der Waals surface area contributed by atoms with E-state index in [2.05, 4.69) is 32.3 Å². The van der Waals surface area contributed by atoms with Gasteiger partial charge in [-0.3, -0.25) is 9.59 Å². The van der Waals surface area contributed by atoms with Crippen LogP contribution >= 0.6 is 0 Å². The number of hydrogen-bond acceptors (Lipinski definition) is 6. The van der Waals surface area contributed by atoms with Crippen molar-refractivity contribution >= 4 is 23.5 Å². The lowest BCUT2D eigenvalue weighted by atomic mass is 10.1. The molecular formula is C24H24N6O2. The van der Waals surface area contributed by atoms with Crippen LogP contribution in [-0.4, -0.2) is 30.9 Å². The molecule has 0 fully saturated rings. The number of nitriles is 1. The van der Waals surface area contributed by atoms with E-state index in [4.69, 9.17) is 0 Å². The molecule has 0 bridgehead atoms. The topological polar surface area (TPSA) is 119 Å². The van der Waals surface area contributed by atoms with E-state index in [0.29, 0.717) is 41.4 Å². The molecule has 3 rings (SSSR count). The fourth-order valence-corrected chi connectivity index (χ4v) is 3.09. The Morgan fingerprint density at radius 1 is 0.844 bits per heavy atom. The summed E-state index contributed by atoms with van der Waals surface area (Å²) in [5, 5.41) is 21.0. The summed E-state index contributed by atoms with van der Waals surface area (Å²) in [4.78, 5) is 28.2. The zero-order valence-corrected chi connectivity index (χ0v) is 17.9. The number of benzene rings is 2. The summed E-state index contributed by atoms with van der Waals surface area (Å²) in [6.07, 6.45) is 0. The van der Waals surface area contributed by atoms with Gasteiger partial charge in [0.15, 0.2) is 0 Å². The number of nitrogens with one attached hydrogen (secondary N) is 4. The van der Waals surface area contributed by atoms with Gasteiger partial charge >= 0.3 is 0 Å². The van der Waals surface area contributed by atoms with Gasteiger partial charge in [-0.05, 0) is 47.5 Å². The number of pyridine rings is 1. The quantitative estimate of drug-likeness (QED) is 0.438. The Balaban J connectivity index is 1.70. The highest BCUT2D eigenvalue weighted by Crippen LogP contribution is 2.18. The van der Waals surface area contributed by atoms with E-state index in [0.717, 1.165) is 11.1 Å². The number of rotatable bonds is 8. The van der Waals surface area contributed by atoms with E-state index < -0.39 is 0 Å². The SMILES string of the molecule is CNC(=O)c1cccc(CNc2ccc(C#N)c(NCc3cccc(C(=O)NC)c3)n2)c1. The van der Waals surface area contributed by atoms with Gasteiger partial charge in [0.05, 0.1) is 5.56 Å². The summed E-state index contributed by atoms with van der Waals surface area (Å²) in [6, 6.07) is 20.1. The molecule has 0 aliphatic heterocycles. The zero-order valence-electron chi connectivity index (χ0n) is 17.9. The Labute approximate surface area is 186 Å². The third-order valence-corrected chi connectivity index (χ3v) is 4.78. The van der Waals surface area contributed by atoms with Crippen LogP contribution in [0.1, 0.15) is 37.4 Å². The molecule has 4 N–H and O–H groups in total. The molecule has 1 aromatic heterocycles. The summed E-state index contributed by atoms with van der Waals surface area (Å²) < 4.78 is 0. The monoisotopic (exact) mass is 428 g/mol. The minimum atomic E-state index is -0.158. The molecular weight excluding hydrogens is 404 g/mol. The molecule has 0 radical (unpaired) electrons. The van der Waals surface area contributed by atoms with Crippen molar-refractivity contribution in [3.05, 3.63) is 88.5 Å². The normalized spacial score (nSPS) is 10.0. The number of aromatic nitrogens is 1. The van der Waals surface area contributed by atoms with Crippen LogP contribution < -0.4 is 21.3 Å². The minimum absolute atomic E-state index is 0.143. The van der Waals surface area contributed by atoms with Crippen LogP contribution in [0.25, 0.3) is 0 Å². The predicted octanol–water partition coefficient (Wildman–Crippen LogP) is 2.90. The Bertz CT molecular complexity index is 1170. The molecule has 2 aromatic carbocycles. The average Bonchev–Trinajstić information content (AvgIpc) is 2.85. The van der Waals surface area contributed by atoms with Gasteiger partial charge < -0.3 is 21.3 Å². The van der Waals surface area contributed by atoms with E-state index in [1.807, 2.05) is 30.3 Å². The second-order valence-electron chi connectivity index (χ2n) is 6.97. The van der Waals surface area contributed by atoms with Crippen molar-refractivity contribution in [3.63, 3.8) is 0 Å². The molecule has 2 amide bonds. The van der Waals surface area contributed by atoms with Crippen LogP contribution in [0.15, 0.2) is 60.7 Å². The molecule has 8 nitrogen and oxygen atoms in total. The summed E-state index contributed by atoms with van der Waals surface area (Å²) in [5.74, 6) is 0.739. The first kappa shape index (κ1) is 22.3. The largest absolute Gasteiger partial charge is 0.366 e. The van der Waals surface area contributed by atoms with E-state index in [-0.39, 0.29) is 11.8 Å². The maximum atomic E-state index is 11.8. The van der Waals surface area contributed by atoms with Gasteiger partial charge in [0.25, 0.3) is 11.8 Å². The average molecular weight is 428 g/mol. The number of anilines is 2. The van der Waals surface area contributed by atoms with Crippen LogP contribution in [0, 0.1) is 11.3 Å². The Morgan fingerprint density at radius 3 is 1.94 bits per heavy atom. The zero-order chi connectivity index (χ0) is 22.9. The lowest BCUT2D eigenvalue weighted by Crippen LogP contribution is -2.18. The number of hydrogen-bond donors (Lipinski definition) is 4. The minimum Gasteiger partial charge on any atom is -0.366 e. The lowest BCUT2D eigenvalue weighted by Gasteiger charge is -2.12. The molecule has 162 valence electrons. The number of nitrogens with zero attached hydrogens (tertiary/aromatic N) is 2. The van der Waals surface area contributed by atoms with E-state index in [1.54, 1.807) is 44.4 Å². The summed E-state index contributed by atoms with van der Waals surface area (Å²) in [6.45, 7) is 0.876. The molecule has 1 heterocycles. The van der Waals surface area contributed by atoms with Crippen molar-refractivity contribution in [3.8, 4) is 6.07 Å². The molecule has 0 aliphatic rings. The Hall–Kier alpha value is -4.38. The molecule has 0 aliphatic carbocycles. The highest BCUT2D eigenvalue weighted by Gasteiger charge is 2.08. The molecule has 8 heteroatoms. The smallest absolute Gasteiger partial charge is 0.251 e. The van der Waals surface area contributed by atoms with Crippen LogP contribution in [0.2, 0.25) is 0 Å². The van der Waals surface area contributed by atoms with Gasteiger partial charge in [-0.1, -0.05) is 24.3 Å². The highest BCUT2D eigenvalue weighted by atomic mass is 16.2. The van der Waals surface area contributed by atoms with Crippen LogP contribution in [-0.2, 0) is 13.1 Å². The lowest BCUT2D eigenvalue weighted by molar-refractivity contribution is 0.0955. The van der Waals surface area contributed by atoms with Crippen molar-refractivity contribution in [2.24, 2.45) is 0 Å². The Morgan fingerprint density at radius 2 is 1.41 bits per heavy atom. The van der Waals surface area contributed by atoms with Crippen molar-refractivity contribution < 1.29 is 9.59 Å². The van der Waals surface area contributed by atoms with Crippen LogP contribution in [0.3, 0.4) is 0 Å². The molecule has 0 saturated heterocycles. The molecule has 32 heavy (non-hydrogen) atoms. The first-order valence-electron chi connectivity index (χ1n) is 10.0. The fourth-order valence-electron chi connectivity index (χ4n) is 3.09. The standard InChI is InChI=1S/C24H24N6O2/c1-26-23(31)18-7-3-5-16(11-18)14-28-21-10-9-20(13-25)22(30-21)29-15-17-6-4-8-19(12-17)24(32)27-2/h3-12H,14-15H2,1-2H3,(H,26,31)(H,27,32)(H2,28,29,30). The molecule has 3 aromatic rings. The van der Waals surface area contributed by atoms with Gasteiger partial charge in [0, 0.05) is 38.3 Å². The van der Waals surface area contributed by atoms with E-state index in [1.165, 1.54) is 0 Å². The summed E-state index contributed by atoms with van der Waals surface area (Å²) >= 11 is 0. The maximum Gasteiger partial charge on any atom is 0.251 e.